The van der Waals surface area contributed by atoms with Gasteiger partial charge in [-0.25, -0.2) is 9.97 Å². The van der Waals surface area contributed by atoms with Gasteiger partial charge in [0.2, 0.25) is 11.8 Å². The van der Waals surface area contributed by atoms with Gasteiger partial charge >= 0.3 is 0 Å². The van der Waals surface area contributed by atoms with Crippen LogP contribution in [-0.4, -0.2) is 109 Å². The van der Waals surface area contributed by atoms with E-state index in [1.54, 1.807) is 6.07 Å². The Hall–Kier alpha value is -3.93. The fourth-order valence-electron chi connectivity index (χ4n) is 5.86. The lowest BCUT2D eigenvalue weighted by Gasteiger charge is -2.38. The van der Waals surface area contributed by atoms with E-state index in [0.717, 1.165) is 23.5 Å². The van der Waals surface area contributed by atoms with Gasteiger partial charge in [-0.15, -0.1) is 0 Å². The smallest absolute Gasteiger partial charge is 0.242 e. The third-order valence-electron chi connectivity index (χ3n) is 8.26. The molecular formula is C32H38ClN7O4. The Balaban J connectivity index is 1.06. The number of morpholine rings is 1. The van der Waals surface area contributed by atoms with Crippen molar-refractivity contribution in [3.63, 3.8) is 0 Å². The van der Waals surface area contributed by atoms with E-state index in [1.165, 1.54) is 0 Å². The maximum atomic E-state index is 13.4. The van der Waals surface area contributed by atoms with Crippen molar-refractivity contribution < 1.29 is 19.1 Å². The third-order valence-corrected chi connectivity index (χ3v) is 8.49. The highest BCUT2D eigenvalue weighted by Crippen LogP contribution is 2.35. The SMILES string of the molecule is Cc1ncc2c(n1)N(CC(=O)N1CCN(CC(=O)N3CCOCC3)CC1)CCC2Nc1cccc(Oc2cccc(Cl)c2)c1. The Morgan fingerprint density at radius 3 is 2.41 bits per heavy atom. The number of amides is 2. The lowest BCUT2D eigenvalue weighted by Crippen LogP contribution is -2.54. The molecule has 1 N–H and O–H groups in total. The molecular weight excluding hydrogens is 582 g/mol. The molecule has 6 rings (SSSR count). The van der Waals surface area contributed by atoms with Gasteiger partial charge in [0.1, 0.15) is 23.1 Å². The number of aryl methyl sites for hydroxylation is 1. The second-order valence-corrected chi connectivity index (χ2v) is 11.8. The van der Waals surface area contributed by atoms with Gasteiger partial charge in [-0.2, -0.15) is 0 Å². The molecule has 3 aliphatic heterocycles. The largest absolute Gasteiger partial charge is 0.457 e. The van der Waals surface area contributed by atoms with Crippen LogP contribution in [0.25, 0.3) is 0 Å². The number of nitrogens with one attached hydrogen (secondary N) is 1. The maximum Gasteiger partial charge on any atom is 0.242 e. The van der Waals surface area contributed by atoms with Crippen molar-refractivity contribution in [1.82, 2.24) is 24.7 Å². The van der Waals surface area contributed by atoms with Crippen molar-refractivity contribution >= 4 is 34.9 Å². The lowest BCUT2D eigenvalue weighted by atomic mass is 10.00. The fourth-order valence-corrected chi connectivity index (χ4v) is 6.04. The molecule has 0 spiro atoms. The molecule has 1 unspecified atom stereocenters. The molecule has 44 heavy (non-hydrogen) atoms. The number of halogens is 1. The zero-order chi connectivity index (χ0) is 30.5. The highest BCUT2D eigenvalue weighted by atomic mass is 35.5. The Kier molecular flexibility index (Phi) is 9.44. The van der Waals surface area contributed by atoms with Gasteiger partial charge < -0.3 is 29.5 Å². The highest BCUT2D eigenvalue weighted by Gasteiger charge is 2.31. The molecule has 11 nitrogen and oxygen atoms in total. The predicted octanol–water partition coefficient (Wildman–Crippen LogP) is 3.60. The molecule has 232 valence electrons. The van der Waals surface area contributed by atoms with Crippen LogP contribution in [0.4, 0.5) is 11.5 Å². The number of hydrogen-bond donors (Lipinski definition) is 1. The standard InChI is InChI=1S/C32H38ClN7O4/c1-23-34-20-28-29(36-25-5-3-7-27(19-25)44-26-6-2-4-24(33)18-26)8-9-40(32(28)35-23)22-31(42)38-12-10-37(11-13-38)21-30(41)39-14-16-43-17-15-39/h2-7,18-20,29,36H,8-17,21-22H2,1H3. The average molecular weight is 620 g/mol. The van der Waals surface area contributed by atoms with Gasteiger partial charge in [-0.1, -0.05) is 23.7 Å². The summed E-state index contributed by atoms with van der Waals surface area (Å²) >= 11 is 6.11. The number of rotatable bonds is 8. The van der Waals surface area contributed by atoms with Crippen molar-refractivity contribution in [2.24, 2.45) is 0 Å². The van der Waals surface area contributed by atoms with Crippen LogP contribution < -0.4 is 15.0 Å². The fraction of sp³-hybridized carbons (Fsp3) is 0.438. The Bertz CT molecular complexity index is 1480. The van der Waals surface area contributed by atoms with Gasteiger partial charge in [-0.3, -0.25) is 14.5 Å². The molecule has 4 heterocycles. The van der Waals surface area contributed by atoms with E-state index in [9.17, 15) is 9.59 Å². The van der Waals surface area contributed by atoms with Crippen LogP contribution in [0.5, 0.6) is 11.5 Å². The van der Waals surface area contributed by atoms with E-state index < -0.39 is 0 Å². The van der Waals surface area contributed by atoms with E-state index in [0.29, 0.717) is 87.9 Å². The number of anilines is 2. The van der Waals surface area contributed by atoms with E-state index in [1.807, 2.05) is 65.4 Å². The van der Waals surface area contributed by atoms with Gasteiger partial charge in [0.25, 0.3) is 0 Å². The summed E-state index contributed by atoms with van der Waals surface area (Å²) in [7, 11) is 0. The lowest BCUT2D eigenvalue weighted by molar-refractivity contribution is -0.137. The Labute approximate surface area is 262 Å². The Morgan fingerprint density at radius 2 is 1.64 bits per heavy atom. The summed E-state index contributed by atoms with van der Waals surface area (Å²) in [6, 6.07) is 15.1. The quantitative estimate of drug-likeness (QED) is 0.405. The molecule has 3 aliphatic rings. The van der Waals surface area contributed by atoms with Crippen LogP contribution in [0.15, 0.2) is 54.7 Å². The summed E-state index contributed by atoms with van der Waals surface area (Å²) in [5, 5.41) is 4.24. The number of ether oxygens (including phenoxy) is 2. The molecule has 1 aromatic heterocycles. The van der Waals surface area contributed by atoms with Crippen molar-refractivity contribution in [1.29, 1.82) is 0 Å². The first-order valence-electron chi connectivity index (χ1n) is 15.2. The van der Waals surface area contributed by atoms with Crippen molar-refractivity contribution in [2.75, 3.05) is 82.3 Å². The van der Waals surface area contributed by atoms with E-state index in [2.05, 4.69) is 20.1 Å². The number of nitrogens with zero attached hydrogens (tertiary/aromatic N) is 6. The predicted molar refractivity (Wildman–Crippen MR) is 168 cm³/mol. The molecule has 1 atom stereocenters. The summed E-state index contributed by atoms with van der Waals surface area (Å²) in [5.74, 6) is 3.03. The summed E-state index contributed by atoms with van der Waals surface area (Å²) in [4.78, 5) is 43.3. The summed E-state index contributed by atoms with van der Waals surface area (Å²) in [6.45, 7) is 8.28. The van der Waals surface area contributed by atoms with E-state index >= 15 is 0 Å². The first kappa shape index (κ1) is 30.1. The number of carbonyl (C=O) groups is 2. The third kappa shape index (κ3) is 7.40. The number of hydrogen-bond acceptors (Lipinski definition) is 9. The van der Waals surface area contributed by atoms with Crippen LogP contribution in [0, 0.1) is 6.92 Å². The van der Waals surface area contributed by atoms with E-state index in [-0.39, 0.29) is 24.4 Å². The first-order valence-corrected chi connectivity index (χ1v) is 15.5. The minimum Gasteiger partial charge on any atom is -0.457 e. The van der Waals surface area contributed by atoms with Gasteiger partial charge in [0.05, 0.1) is 32.3 Å². The topological polar surface area (TPSA) is 103 Å². The summed E-state index contributed by atoms with van der Waals surface area (Å²) in [5.41, 5.74) is 1.87. The monoisotopic (exact) mass is 619 g/mol. The number of carbonyl (C=O) groups excluding carboxylic acids is 2. The molecule has 2 amide bonds. The molecule has 0 bridgehead atoms. The molecule has 2 fully saturated rings. The number of piperazine rings is 1. The van der Waals surface area contributed by atoms with Crippen LogP contribution in [0.2, 0.25) is 5.02 Å². The van der Waals surface area contributed by atoms with Gasteiger partial charge in [-0.05, 0) is 43.7 Å². The van der Waals surface area contributed by atoms with E-state index in [4.69, 9.17) is 26.1 Å². The second kappa shape index (κ2) is 13.8. The second-order valence-electron chi connectivity index (χ2n) is 11.3. The zero-order valence-corrected chi connectivity index (χ0v) is 25.7. The normalized spacial score (nSPS) is 19.0. The molecule has 0 radical (unpaired) electrons. The van der Waals surface area contributed by atoms with Gasteiger partial charge in [0, 0.05) is 74.3 Å². The number of benzene rings is 2. The van der Waals surface area contributed by atoms with Crippen molar-refractivity contribution in [3.8, 4) is 11.5 Å². The first-order chi connectivity index (χ1) is 21.4. The number of fused-ring (bicyclic) bond motifs is 1. The minimum atomic E-state index is -0.0223. The maximum absolute atomic E-state index is 13.4. The van der Waals surface area contributed by atoms with Gasteiger partial charge in [0.15, 0.2) is 0 Å². The average Bonchev–Trinajstić information content (AvgIpc) is 3.03. The molecule has 0 aliphatic carbocycles. The molecule has 2 aromatic carbocycles. The van der Waals surface area contributed by atoms with Crippen molar-refractivity contribution in [2.45, 2.75) is 19.4 Å². The van der Waals surface area contributed by atoms with Crippen LogP contribution in [-0.2, 0) is 14.3 Å². The van der Waals surface area contributed by atoms with Crippen LogP contribution in [0.3, 0.4) is 0 Å². The molecule has 0 saturated carbocycles. The molecule has 2 saturated heterocycles. The molecule has 3 aromatic rings. The van der Waals surface area contributed by atoms with Crippen LogP contribution >= 0.6 is 11.6 Å². The highest BCUT2D eigenvalue weighted by molar-refractivity contribution is 6.30. The number of aromatic nitrogens is 2. The summed E-state index contributed by atoms with van der Waals surface area (Å²) in [6.07, 6.45) is 2.64. The summed E-state index contributed by atoms with van der Waals surface area (Å²) < 4.78 is 11.4. The van der Waals surface area contributed by atoms with Crippen LogP contribution in [0.1, 0.15) is 23.9 Å². The zero-order valence-electron chi connectivity index (χ0n) is 25.0. The minimum absolute atomic E-state index is 0.0223. The van der Waals surface area contributed by atoms with Crippen molar-refractivity contribution in [3.05, 3.63) is 71.1 Å². The Morgan fingerprint density at radius 1 is 0.932 bits per heavy atom. The molecule has 12 heteroatoms.